The minimum absolute atomic E-state index is 0.0628. The SMILES string of the molecule is CC(C)(C)OC(=O)NCC(=O)Cc1cc(NC(=O)N2c3nc(-c4cccc(C(F)(F)F)c4)ccc3N3CCC[C@H]2C3)cc(-c2cnco2)c1. The van der Waals surface area contributed by atoms with Gasteiger partial charge in [0.05, 0.1) is 35.7 Å². The zero-order valence-corrected chi connectivity index (χ0v) is 27.1. The number of anilines is 3. The summed E-state index contributed by atoms with van der Waals surface area (Å²) in [7, 11) is 0. The molecule has 1 saturated heterocycles. The summed E-state index contributed by atoms with van der Waals surface area (Å²) in [5, 5.41) is 5.42. The molecule has 1 fully saturated rings. The molecular weight excluding hydrogens is 641 g/mol. The molecule has 1 atom stereocenters. The van der Waals surface area contributed by atoms with Gasteiger partial charge in [0.1, 0.15) is 5.60 Å². The second-order valence-electron chi connectivity index (χ2n) is 13.0. The fourth-order valence-electron chi connectivity index (χ4n) is 6.03. The van der Waals surface area contributed by atoms with E-state index in [2.05, 4.69) is 20.5 Å². The number of nitrogens with one attached hydrogen (secondary N) is 2. The Kier molecular flexibility index (Phi) is 9.06. The van der Waals surface area contributed by atoms with Crippen molar-refractivity contribution in [3.8, 4) is 22.6 Å². The first-order valence-electron chi connectivity index (χ1n) is 15.8. The molecule has 3 amide bonds. The van der Waals surface area contributed by atoms with E-state index in [-0.39, 0.29) is 30.4 Å². The van der Waals surface area contributed by atoms with Gasteiger partial charge in [-0.2, -0.15) is 13.2 Å². The highest BCUT2D eigenvalue weighted by Gasteiger charge is 2.39. The Bertz CT molecular complexity index is 1870. The third-order valence-electron chi connectivity index (χ3n) is 8.08. The van der Waals surface area contributed by atoms with Crippen molar-refractivity contribution in [1.29, 1.82) is 0 Å². The minimum atomic E-state index is -4.52. The summed E-state index contributed by atoms with van der Waals surface area (Å²) in [6.07, 6.45) is -0.965. The van der Waals surface area contributed by atoms with Crippen molar-refractivity contribution in [2.75, 3.05) is 34.8 Å². The van der Waals surface area contributed by atoms with Crippen molar-refractivity contribution in [2.45, 2.75) is 57.9 Å². The molecule has 49 heavy (non-hydrogen) atoms. The number of ether oxygens (including phenoxy) is 1. The van der Waals surface area contributed by atoms with Crippen LogP contribution < -0.4 is 20.4 Å². The number of piperidine rings is 1. The molecule has 2 aromatic carbocycles. The largest absolute Gasteiger partial charge is 0.444 e. The van der Waals surface area contributed by atoms with E-state index in [1.807, 2.05) is 0 Å². The molecule has 4 aromatic rings. The number of nitrogens with zero attached hydrogens (tertiary/aromatic N) is 4. The van der Waals surface area contributed by atoms with Crippen molar-refractivity contribution in [2.24, 2.45) is 0 Å². The predicted octanol–water partition coefficient (Wildman–Crippen LogP) is 7.08. The molecule has 11 nitrogen and oxygen atoms in total. The zero-order valence-electron chi connectivity index (χ0n) is 27.1. The first-order chi connectivity index (χ1) is 23.2. The Balaban J connectivity index is 1.28. The van der Waals surface area contributed by atoms with Crippen LogP contribution in [0.5, 0.6) is 0 Å². The highest BCUT2D eigenvalue weighted by molar-refractivity contribution is 6.05. The number of hydrogen-bond donors (Lipinski definition) is 2. The molecule has 2 aliphatic rings. The van der Waals surface area contributed by atoms with Crippen molar-refractivity contribution >= 4 is 35.1 Å². The van der Waals surface area contributed by atoms with Crippen LogP contribution in [0, 0.1) is 0 Å². The average Bonchev–Trinajstić information content (AvgIpc) is 3.58. The Hall–Kier alpha value is -5.40. The lowest BCUT2D eigenvalue weighted by Gasteiger charge is -2.45. The quantitative estimate of drug-likeness (QED) is 0.213. The van der Waals surface area contributed by atoms with E-state index in [1.165, 1.54) is 18.7 Å². The Morgan fingerprint density at radius 3 is 2.59 bits per heavy atom. The molecule has 2 aliphatic heterocycles. The molecule has 0 spiro atoms. The van der Waals surface area contributed by atoms with Crippen molar-refractivity contribution in [1.82, 2.24) is 15.3 Å². The summed E-state index contributed by atoms with van der Waals surface area (Å²) < 4.78 is 51.2. The third kappa shape index (κ3) is 7.85. The van der Waals surface area contributed by atoms with Gasteiger partial charge in [-0.1, -0.05) is 12.1 Å². The van der Waals surface area contributed by atoms with Gasteiger partial charge in [0.2, 0.25) is 0 Å². The molecule has 2 N–H and O–H groups in total. The lowest BCUT2D eigenvalue weighted by Crippen LogP contribution is -2.56. The first kappa shape index (κ1) is 33.5. The van der Waals surface area contributed by atoms with Crippen LogP contribution >= 0.6 is 0 Å². The molecule has 4 heterocycles. The van der Waals surface area contributed by atoms with Crippen LogP contribution in [0.15, 0.2) is 71.6 Å². The molecule has 2 aromatic heterocycles. The number of rotatable bonds is 7. The molecule has 0 unspecified atom stereocenters. The number of fused-ring (bicyclic) bond motifs is 4. The summed E-state index contributed by atoms with van der Waals surface area (Å²) in [5.74, 6) is 0.463. The summed E-state index contributed by atoms with van der Waals surface area (Å²) in [5.41, 5.74) is 1.26. The number of alkyl carbamates (subject to hydrolysis) is 1. The smallest absolute Gasteiger partial charge is 0.416 e. The van der Waals surface area contributed by atoms with Gasteiger partial charge in [-0.15, -0.1) is 0 Å². The van der Waals surface area contributed by atoms with Gasteiger partial charge in [0.15, 0.2) is 23.8 Å². The van der Waals surface area contributed by atoms with Gasteiger partial charge in [-0.25, -0.2) is 19.6 Å². The lowest BCUT2D eigenvalue weighted by molar-refractivity contribution is -0.137. The highest BCUT2D eigenvalue weighted by Crippen LogP contribution is 2.40. The summed E-state index contributed by atoms with van der Waals surface area (Å²) in [6.45, 7) is 6.24. The minimum Gasteiger partial charge on any atom is -0.444 e. The molecule has 0 radical (unpaired) electrons. The topological polar surface area (TPSA) is 130 Å². The maximum absolute atomic E-state index is 14.1. The maximum atomic E-state index is 14.1. The molecular formula is C35H35F3N6O5. The number of pyridine rings is 1. The monoisotopic (exact) mass is 676 g/mol. The van der Waals surface area contributed by atoms with E-state index in [1.54, 1.807) is 62.1 Å². The molecule has 256 valence electrons. The number of aromatic nitrogens is 2. The molecule has 0 saturated carbocycles. The van der Waals surface area contributed by atoms with Crippen molar-refractivity contribution < 1.29 is 36.7 Å². The number of amides is 3. The van der Waals surface area contributed by atoms with Gasteiger partial charge in [0, 0.05) is 36.3 Å². The number of urea groups is 1. The Morgan fingerprint density at radius 1 is 1.04 bits per heavy atom. The van der Waals surface area contributed by atoms with E-state index < -0.39 is 29.5 Å². The maximum Gasteiger partial charge on any atom is 0.416 e. The predicted molar refractivity (Wildman–Crippen MR) is 176 cm³/mol. The van der Waals surface area contributed by atoms with Crippen LogP contribution in [0.25, 0.3) is 22.6 Å². The van der Waals surface area contributed by atoms with Crippen LogP contribution in [0.4, 0.5) is 40.0 Å². The molecule has 0 aliphatic carbocycles. The molecule has 2 bridgehead atoms. The van der Waals surface area contributed by atoms with Crippen LogP contribution in [0.3, 0.4) is 0 Å². The van der Waals surface area contributed by atoms with E-state index in [9.17, 15) is 27.6 Å². The number of carbonyl (C=O) groups excluding carboxylic acids is 3. The zero-order chi connectivity index (χ0) is 34.9. The van der Waals surface area contributed by atoms with Gasteiger partial charge < -0.3 is 24.7 Å². The van der Waals surface area contributed by atoms with Crippen LogP contribution in [0.2, 0.25) is 0 Å². The van der Waals surface area contributed by atoms with Crippen molar-refractivity contribution in [3.05, 3.63) is 78.3 Å². The number of carbonyl (C=O) groups is 3. The molecule has 14 heteroatoms. The number of benzene rings is 2. The summed E-state index contributed by atoms with van der Waals surface area (Å²) >= 11 is 0. The van der Waals surface area contributed by atoms with E-state index in [0.717, 1.165) is 25.1 Å². The van der Waals surface area contributed by atoms with Crippen LogP contribution in [0.1, 0.15) is 44.7 Å². The van der Waals surface area contributed by atoms with Gasteiger partial charge >= 0.3 is 18.3 Å². The number of oxazole rings is 1. The van der Waals surface area contributed by atoms with E-state index in [4.69, 9.17) is 14.1 Å². The number of alkyl halides is 3. The van der Waals surface area contributed by atoms with E-state index in [0.29, 0.717) is 52.7 Å². The van der Waals surface area contributed by atoms with Crippen molar-refractivity contribution in [3.63, 3.8) is 0 Å². The van der Waals surface area contributed by atoms with E-state index >= 15 is 0 Å². The highest BCUT2D eigenvalue weighted by atomic mass is 19.4. The standard InChI is InChI=1S/C35H35F3N6O5/c1-34(2,3)49-33(47)40-17-27(45)14-21-12-23(30-18-39-20-48-30)16-25(13-21)41-32(46)44-26-8-5-11-43(19-26)29-10-9-28(42-31(29)44)22-6-4-7-24(15-22)35(36,37)38/h4,6-7,9-10,12-13,15-16,18,20,26H,5,8,11,14,17,19H2,1-3H3,(H,40,47)(H,41,46)/t26-/m0/s1. The van der Waals surface area contributed by atoms with Gasteiger partial charge in [-0.05, 0) is 81.6 Å². The van der Waals surface area contributed by atoms with Gasteiger partial charge in [-0.3, -0.25) is 9.69 Å². The number of ketones is 1. The second kappa shape index (κ2) is 13.2. The normalized spacial score (nSPS) is 15.8. The van der Waals surface area contributed by atoms with Crippen LogP contribution in [-0.2, 0) is 22.1 Å². The first-order valence-corrected chi connectivity index (χ1v) is 15.8. The second-order valence-corrected chi connectivity index (χ2v) is 13.0. The fraction of sp³-hybridized carbons (Fsp3) is 0.343. The van der Waals surface area contributed by atoms with Crippen LogP contribution in [-0.4, -0.2) is 59.2 Å². The number of halogens is 3. The third-order valence-corrected chi connectivity index (χ3v) is 8.08. The molecule has 6 rings (SSSR count). The number of hydrogen-bond acceptors (Lipinski definition) is 8. The Morgan fingerprint density at radius 2 is 1.86 bits per heavy atom. The average molecular weight is 677 g/mol. The summed E-state index contributed by atoms with van der Waals surface area (Å²) in [6, 6.07) is 12.8. The van der Waals surface area contributed by atoms with Gasteiger partial charge in [0.25, 0.3) is 0 Å². The fourth-order valence-corrected chi connectivity index (χ4v) is 6.03. The lowest BCUT2D eigenvalue weighted by atomic mass is 9.99. The summed E-state index contributed by atoms with van der Waals surface area (Å²) in [4.78, 5) is 51.5. The number of Topliss-reactive ketones (excluding diaryl/α,β-unsaturated/α-hetero) is 1. The Labute approximate surface area is 280 Å².